The molecule has 1 aromatic carbocycles. The molecule has 2 heterocycles. The Bertz CT molecular complexity index is 586. The van der Waals surface area contributed by atoms with Crippen LogP contribution >= 0.6 is 23.4 Å². The van der Waals surface area contributed by atoms with Crippen LogP contribution in [0.25, 0.3) is 0 Å². The molecule has 5 nitrogen and oxygen atoms in total. The quantitative estimate of drug-likeness (QED) is 0.765. The van der Waals surface area contributed by atoms with Crippen LogP contribution in [-0.2, 0) is 17.7 Å². The number of hydrogen-bond donors (Lipinski definition) is 0. The van der Waals surface area contributed by atoms with Crippen molar-refractivity contribution in [1.29, 1.82) is 0 Å². The second-order valence-electron chi connectivity index (χ2n) is 4.97. The van der Waals surface area contributed by atoms with Gasteiger partial charge in [0, 0.05) is 17.4 Å². The number of nitrogens with zero attached hydrogens (tertiary/aromatic N) is 4. The third-order valence-electron chi connectivity index (χ3n) is 3.46. The second-order valence-corrected chi connectivity index (χ2v) is 6.44. The first-order chi connectivity index (χ1) is 10.3. The molecule has 112 valence electrons. The molecule has 3 rings (SSSR count). The highest BCUT2D eigenvalue weighted by Gasteiger charge is 2.18. The summed E-state index contributed by atoms with van der Waals surface area (Å²) in [5.74, 6) is 0.898. The van der Waals surface area contributed by atoms with Crippen molar-refractivity contribution in [2.45, 2.75) is 37.1 Å². The summed E-state index contributed by atoms with van der Waals surface area (Å²) in [6.45, 7) is 1.59. The summed E-state index contributed by atoms with van der Waals surface area (Å²) < 4.78 is 7.47. The van der Waals surface area contributed by atoms with E-state index in [1.54, 1.807) is 11.8 Å². The monoisotopic (exact) mass is 324 g/mol. The number of benzene rings is 1. The van der Waals surface area contributed by atoms with Crippen molar-refractivity contribution in [2.24, 2.45) is 0 Å². The van der Waals surface area contributed by atoms with Crippen molar-refractivity contribution in [2.75, 3.05) is 12.4 Å². The molecule has 1 atom stereocenters. The Morgan fingerprint density at radius 2 is 2.29 bits per heavy atom. The van der Waals surface area contributed by atoms with E-state index < -0.39 is 0 Å². The molecular formula is C14H17ClN4OS. The Hall–Kier alpha value is -1.11. The first kappa shape index (κ1) is 14.8. The van der Waals surface area contributed by atoms with E-state index in [4.69, 9.17) is 16.3 Å². The summed E-state index contributed by atoms with van der Waals surface area (Å²) in [6, 6.07) is 7.93. The van der Waals surface area contributed by atoms with Crippen LogP contribution in [0, 0.1) is 0 Å². The van der Waals surface area contributed by atoms with Gasteiger partial charge in [-0.05, 0) is 41.3 Å². The number of halogens is 1. The summed E-state index contributed by atoms with van der Waals surface area (Å²) in [5, 5.41) is 13.6. The lowest BCUT2D eigenvalue weighted by Gasteiger charge is -2.10. The van der Waals surface area contributed by atoms with Gasteiger partial charge in [0.25, 0.3) is 0 Å². The van der Waals surface area contributed by atoms with Gasteiger partial charge in [-0.2, -0.15) is 0 Å². The van der Waals surface area contributed by atoms with Gasteiger partial charge in [0.2, 0.25) is 5.16 Å². The summed E-state index contributed by atoms with van der Waals surface area (Å²) in [6.07, 6.45) is 3.36. The molecule has 0 N–H and O–H groups in total. The smallest absolute Gasteiger partial charge is 0.209 e. The fourth-order valence-electron chi connectivity index (χ4n) is 2.35. The maximum absolute atomic E-state index is 6.16. The zero-order valence-corrected chi connectivity index (χ0v) is 13.2. The maximum Gasteiger partial charge on any atom is 0.209 e. The van der Waals surface area contributed by atoms with E-state index in [0.717, 1.165) is 53.9 Å². The first-order valence-electron chi connectivity index (χ1n) is 7.07. The molecule has 1 unspecified atom stereocenters. The molecule has 0 amide bonds. The average molecular weight is 325 g/mol. The molecule has 1 saturated heterocycles. The highest BCUT2D eigenvalue weighted by molar-refractivity contribution is 7.99. The predicted molar refractivity (Wildman–Crippen MR) is 82.7 cm³/mol. The lowest BCUT2D eigenvalue weighted by Crippen LogP contribution is -2.17. The van der Waals surface area contributed by atoms with Crippen LogP contribution in [0.2, 0.25) is 5.02 Å². The molecule has 2 aromatic rings. The largest absolute Gasteiger partial charge is 0.376 e. The van der Waals surface area contributed by atoms with Gasteiger partial charge in [-0.25, -0.2) is 4.68 Å². The van der Waals surface area contributed by atoms with Gasteiger partial charge in [-0.1, -0.05) is 41.6 Å². The van der Waals surface area contributed by atoms with Gasteiger partial charge < -0.3 is 4.74 Å². The molecule has 1 aliphatic rings. The standard InChI is InChI=1S/C14H17ClN4OS/c15-13-6-2-1-4-11(13)7-9-21-14-16-17-18-19(14)10-12-5-3-8-20-12/h1-2,4,6,12H,3,5,7-10H2. The van der Waals surface area contributed by atoms with E-state index in [0.29, 0.717) is 0 Å². The van der Waals surface area contributed by atoms with Crippen LogP contribution in [0.3, 0.4) is 0 Å². The Kier molecular flexibility index (Phi) is 5.11. The molecule has 1 fully saturated rings. The molecule has 21 heavy (non-hydrogen) atoms. The van der Waals surface area contributed by atoms with Crippen molar-refractivity contribution in [3.63, 3.8) is 0 Å². The Balaban J connectivity index is 1.53. The van der Waals surface area contributed by atoms with E-state index >= 15 is 0 Å². The fraction of sp³-hybridized carbons (Fsp3) is 0.500. The van der Waals surface area contributed by atoms with Crippen LogP contribution in [0.4, 0.5) is 0 Å². The van der Waals surface area contributed by atoms with E-state index in [1.807, 2.05) is 22.9 Å². The molecule has 1 aliphatic heterocycles. The van der Waals surface area contributed by atoms with Gasteiger partial charge in [0.05, 0.1) is 12.6 Å². The minimum Gasteiger partial charge on any atom is -0.376 e. The Labute approximate surface area is 133 Å². The lowest BCUT2D eigenvalue weighted by atomic mass is 10.2. The van der Waals surface area contributed by atoms with Crippen LogP contribution in [0.1, 0.15) is 18.4 Å². The molecule has 1 aromatic heterocycles. The van der Waals surface area contributed by atoms with Crippen LogP contribution < -0.4 is 0 Å². The van der Waals surface area contributed by atoms with Gasteiger partial charge in [0.1, 0.15) is 0 Å². The van der Waals surface area contributed by atoms with Gasteiger partial charge >= 0.3 is 0 Å². The number of aromatic nitrogens is 4. The molecule has 0 bridgehead atoms. The second kappa shape index (κ2) is 7.24. The summed E-state index contributed by atoms with van der Waals surface area (Å²) >= 11 is 7.81. The lowest BCUT2D eigenvalue weighted by molar-refractivity contribution is 0.0912. The van der Waals surface area contributed by atoms with Crippen molar-refractivity contribution < 1.29 is 4.74 Å². The van der Waals surface area contributed by atoms with E-state index in [1.165, 1.54) is 0 Å². The van der Waals surface area contributed by atoms with Crippen molar-refractivity contribution in [3.8, 4) is 0 Å². The number of rotatable bonds is 6. The average Bonchev–Trinajstić information content (AvgIpc) is 3.14. The van der Waals surface area contributed by atoms with E-state index in [-0.39, 0.29) is 6.10 Å². The highest BCUT2D eigenvalue weighted by Crippen LogP contribution is 2.21. The topological polar surface area (TPSA) is 52.8 Å². The number of ether oxygens (including phenoxy) is 1. The van der Waals surface area contributed by atoms with Crippen LogP contribution in [0.5, 0.6) is 0 Å². The molecule has 0 radical (unpaired) electrons. The number of thioether (sulfide) groups is 1. The summed E-state index contributed by atoms with van der Waals surface area (Å²) in [5.41, 5.74) is 1.16. The van der Waals surface area contributed by atoms with Crippen molar-refractivity contribution >= 4 is 23.4 Å². The highest BCUT2D eigenvalue weighted by atomic mass is 35.5. The van der Waals surface area contributed by atoms with Gasteiger partial charge in [-0.3, -0.25) is 0 Å². The maximum atomic E-state index is 6.16. The molecule has 0 aliphatic carbocycles. The minimum absolute atomic E-state index is 0.247. The van der Waals surface area contributed by atoms with Crippen LogP contribution in [0.15, 0.2) is 29.4 Å². The third-order valence-corrected chi connectivity index (χ3v) is 4.79. The summed E-state index contributed by atoms with van der Waals surface area (Å²) in [4.78, 5) is 0. The SMILES string of the molecule is Clc1ccccc1CCSc1nnnn1CC1CCCO1. The summed E-state index contributed by atoms with van der Waals surface area (Å²) in [7, 11) is 0. The van der Waals surface area contributed by atoms with Crippen molar-refractivity contribution in [3.05, 3.63) is 34.9 Å². The number of hydrogen-bond acceptors (Lipinski definition) is 5. The molecule has 0 saturated carbocycles. The minimum atomic E-state index is 0.247. The molecule has 7 heteroatoms. The van der Waals surface area contributed by atoms with E-state index in [9.17, 15) is 0 Å². The normalized spacial score (nSPS) is 18.2. The van der Waals surface area contributed by atoms with Crippen LogP contribution in [-0.4, -0.2) is 38.7 Å². The Morgan fingerprint density at radius 1 is 1.38 bits per heavy atom. The van der Waals surface area contributed by atoms with E-state index in [2.05, 4.69) is 21.6 Å². The third kappa shape index (κ3) is 3.96. The Morgan fingerprint density at radius 3 is 3.10 bits per heavy atom. The predicted octanol–water partition coefficient (Wildman–Crippen LogP) is 2.84. The molecular weight excluding hydrogens is 308 g/mol. The van der Waals surface area contributed by atoms with Gasteiger partial charge in [-0.15, -0.1) is 5.10 Å². The number of tetrazole rings is 1. The fourth-order valence-corrected chi connectivity index (χ4v) is 3.44. The molecule has 0 spiro atoms. The zero-order valence-electron chi connectivity index (χ0n) is 11.6. The first-order valence-corrected chi connectivity index (χ1v) is 8.43. The van der Waals surface area contributed by atoms with Crippen molar-refractivity contribution in [1.82, 2.24) is 20.2 Å². The zero-order chi connectivity index (χ0) is 14.5. The number of aryl methyl sites for hydroxylation is 1. The van der Waals surface area contributed by atoms with Gasteiger partial charge in [0.15, 0.2) is 0 Å².